The second-order valence-corrected chi connectivity index (χ2v) is 7.30. The molecule has 1 aliphatic heterocycles. The van der Waals surface area contributed by atoms with Crippen LogP contribution in [0.5, 0.6) is 5.75 Å². The van der Waals surface area contributed by atoms with Gasteiger partial charge in [-0.05, 0) is 55.4 Å². The van der Waals surface area contributed by atoms with Crippen LogP contribution in [0.4, 0.5) is 10.1 Å². The van der Waals surface area contributed by atoms with Gasteiger partial charge in [-0.3, -0.25) is 14.5 Å². The van der Waals surface area contributed by atoms with E-state index in [1.807, 2.05) is 6.92 Å². The van der Waals surface area contributed by atoms with Crippen LogP contribution in [-0.2, 0) is 16.0 Å². The molecule has 158 valence electrons. The quantitative estimate of drug-likeness (QED) is 0.653. The van der Waals surface area contributed by atoms with E-state index < -0.39 is 6.04 Å². The molecule has 0 spiro atoms. The van der Waals surface area contributed by atoms with Crippen LogP contribution in [0.15, 0.2) is 48.5 Å². The van der Waals surface area contributed by atoms with Gasteiger partial charge in [0.15, 0.2) is 5.11 Å². The number of nitrogens with zero attached hydrogens (tertiary/aromatic N) is 2. The molecule has 8 heteroatoms. The number of rotatable bonds is 8. The van der Waals surface area contributed by atoms with Crippen molar-refractivity contribution in [1.29, 1.82) is 0 Å². The minimum Gasteiger partial charge on any atom is -0.497 e. The fraction of sp³-hybridized carbons (Fsp3) is 0.318. The van der Waals surface area contributed by atoms with Crippen molar-refractivity contribution in [2.45, 2.75) is 25.8 Å². The van der Waals surface area contributed by atoms with Gasteiger partial charge < -0.3 is 15.0 Å². The monoisotopic (exact) mass is 429 g/mol. The van der Waals surface area contributed by atoms with E-state index in [-0.39, 0.29) is 24.1 Å². The van der Waals surface area contributed by atoms with Gasteiger partial charge in [0.05, 0.1) is 13.5 Å². The van der Waals surface area contributed by atoms with Gasteiger partial charge in [-0.25, -0.2) is 4.39 Å². The van der Waals surface area contributed by atoms with Gasteiger partial charge >= 0.3 is 0 Å². The Labute approximate surface area is 180 Å². The van der Waals surface area contributed by atoms with Crippen molar-refractivity contribution in [1.82, 2.24) is 9.80 Å². The Morgan fingerprint density at radius 3 is 2.63 bits per heavy atom. The lowest BCUT2D eigenvalue weighted by Gasteiger charge is -2.23. The van der Waals surface area contributed by atoms with Gasteiger partial charge in [-0.1, -0.05) is 18.2 Å². The lowest BCUT2D eigenvalue weighted by atomic mass is 10.1. The maximum absolute atomic E-state index is 13.1. The molecule has 0 saturated carbocycles. The highest BCUT2D eigenvalue weighted by atomic mass is 32.1. The van der Waals surface area contributed by atoms with Crippen molar-refractivity contribution < 1.29 is 18.7 Å². The largest absolute Gasteiger partial charge is 0.497 e. The Kier molecular flexibility index (Phi) is 6.99. The highest BCUT2D eigenvalue weighted by molar-refractivity contribution is 7.80. The number of ether oxygens (including phenoxy) is 1. The molecular formula is C22H24FN3O3S. The first-order valence-electron chi connectivity index (χ1n) is 9.73. The first kappa shape index (κ1) is 21.7. The van der Waals surface area contributed by atoms with E-state index in [2.05, 4.69) is 5.32 Å². The molecule has 0 bridgehead atoms. The molecule has 1 unspecified atom stereocenters. The summed E-state index contributed by atoms with van der Waals surface area (Å²) < 4.78 is 18.3. The first-order valence-corrected chi connectivity index (χ1v) is 10.1. The first-order chi connectivity index (χ1) is 14.4. The van der Waals surface area contributed by atoms with E-state index in [0.717, 1.165) is 5.56 Å². The molecule has 2 amide bonds. The van der Waals surface area contributed by atoms with Crippen molar-refractivity contribution in [2.75, 3.05) is 25.5 Å². The van der Waals surface area contributed by atoms with Gasteiger partial charge in [0, 0.05) is 24.8 Å². The topological polar surface area (TPSA) is 61.9 Å². The zero-order valence-electron chi connectivity index (χ0n) is 16.9. The number of hydrogen-bond donors (Lipinski definition) is 1. The minimum atomic E-state index is -0.663. The number of carbonyl (C=O) groups is 2. The van der Waals surface area contributed by atoms with Crippen molar-refractivity contribution in [3.05, 3.63) is 59.9 Å². The van der Waals surface area contributed by atoms with E-state index in [0.29, 0.717) is 36.1 Å². The van der Waals surface area contributed by atoms with Crippen LogP contribution < -0.4 is 10.1 Å². The number of likely N-dealkylation sites (N-methyl/N-ethyl adjacent to an activating group) is 1. The summed E-state index contributed by atoms with van der Waals surface area (Å²) in [6.45, 7) is 2.75. The molecule has 3 rings (SSSR count). The van der Waals surface area contributed by atoms with Crippen LogP contribution in [0, 0.1) is 5.82 Å². The number of hydrogen-bond acceptors (Lipinski definition) is 4. The lowest BCUT2D eigenvalue weighted by molar-refractivity contribution is -0.130. The van der Waals surface area contributed by atoms with Gasteiger partial charge in [0.2, 0.25) is 5.91 Å². The van der Waals surface area contributed by atoms with E-state index in [4.69, 9.17) is 17.0 Å². The van der Waals surface area contributed by atoms with E-state index in [1.54, 1.807) is 48.4 Å². The molecule has 0 radical (unpaired) electrons. The number of amides is 2. The van der Waals surface area contributed by atoms with Crippen LogP contribution in [-0.4, -0.2) is 53.0 Å². The lowest BCUT2D eigenvalue weighted by Crippen LogP contribution is -2.39. The van der Waals surface area contributed by atoms with Crippen LogP contribution in [0.2, 0.25) is 0 Å². The van der Waals surface area contributed by atoms with Gasteiger partial charge in [0.1, 0.15) is 17.6 Å². The Balaban J connectivity index is 1.70. The third-order valence-electron chi connectivity index (χ3n) is 5.01. The summed E-state index contributed by atoms with van der Waals surface area (Å²) in [7, 11) is 1.55. The highest BCUT2D eigenvalue weighted by Gasteiger charge is 2.42. The third kappa shape index (κ3) is 4.94. The number of carbonyl (C=O) groups excluding carboxylic acids is 2. The average molecular weight is 430 g/mol. The molecule has 1 atom stereocenters. The van der Waals surface area contributed by atoms with E-state index in [1.165, 1.54) is 17.0 Å². The predicted octanol–water partition coefficient (Wildman–Crippen LogP) is 3.22. The number of halogens is 1. The van der Waals surface area contributed by atoms with Crippen LogP contribution in [0.25, 0.3) is 0 Å². The van der Waals surface area contributed by atoms with Crippen LogP contribution in [0.1, 0.15) is 18.9 Å². The standard InChI is InChI=1S/C22H24FN3O3S/c1-3-25-21(28)19(14-20(27)24-17-5-4-6-18(13-17)29-2)26(22(25)30)12-11-15-7-9-16(23)10-8-15/h4-10,13,19H,3,11-12,14H2,1-2H3,(H,24,27). The van der Waals surface area contributed by atoms with Gasteiger partial charge in [0.25, 0.3) is 5.91 Å². The molecule has 6 nitrogen and oxygen atoms in total. The molecule has 30 heavy (non-hydrogen) atoms. The zero-order chi connectivity index (χ0) is 21.7. The maximum atomic E-state index is 13.1. The normalized spacial score (nSPS) is 16.2. The maximum Gasteiger partial charge on any atom is 0.252 e. The average Bonchev–Trinajstić information content (AvgIpc) is 2.96. The fourth-order valence-electron chi connectivity index (χ4n) is 3.42. The second kappa shape index (κ2) is 9.67. The summed E-state index contributed by atoms with van der Waals surface area (Å²) in [6.07, 6.45) is 0.565. The third-order valence-corrected chi connectivity index (χ3v) is 5.46. The Morgan fingerprint density at radius 2 is 1.97 bits per heavy atom. The molecule has 1 heterocycles. The summed E-state index contributed by atoms with van der Waals surface area (Å²) in [6, 6.07) is 12.6. The molecular weight excluding hydrogens is 405 g/mol. The molecule has 2 aromatic rings. The molecule has 0 aromatic heterocycles. The fourth-order valence-corrected chi connectivity index (χ4v) is 3.86. The Bertz CT molecular complexity index is 935. The molecule has 0 aliphatic carbocycles. The smallest absolute Gasteiger partial charge is 0.252 e. The molecule has 1 fully saturated rings. The summed E-state index contributed by atoms with van der Waals surface area (Å²) in [5.41, 5.74) is 1.53. The van der Waals surface area contributed by atoms with E-state index in [9.17, 15) is 14.0 Å². The number of benzene rings is 2. The van der Waals surface area contributed by atoms with Crippen molar-refractivity contribution in [2.24, 2.45) is 0 Å². The minimum absolute atomic E-state index is 0.0178. The number of methoxy groups -OCH3 is 1. The zero-order valence-corrected chi connectivity index (χ0v) is 17.7. The number of nitrogens with one attached hydrogen (secondary N) is 1. The number of thiocarbonyl (C=S) groups is 1. The predicted molar refractivity (Wildman–Crippen MR) is 117 cm³/mol. The number of anilines is 1. The highest BCUT2D eigenvalue weighted by Crippen LogP contribution is 2.23. The van der Waals surface area contributed by atoms with Gasteiger partial charge in [-0.15, -0.1) is 0 Å². The molecule has 1 N–H and O–H groups in total. The summed E-state index contributed by atoms with van der Waals surface area (Å²) in [5, 5.41) is 3.23. The Hall–Kier alpha value is -3.00. The molecule has 1 saturated heterocycles. The Morgan fingerprint density at radius 1 is 1.23 bits per heavy atom. The SMILES string of the molecule is CCN1C(=O)C(CC(=O)Nc2cccc(OC)c2)N(CCc2ccc(F)cc2)C1=S. The summed E-state index contributed by atoms with van der Waals surface area (Å²) in [4.78, 5) is 28.8. The van der Waals surface area contributed by atoms with E-state index >= 15 is 0 Å². The van der Waals surface area contributed by atoms with Crippen molar-refractivity contribution >= 4 is 34.8 Å². The van der Waals surface area contributed by atoms with Crippen molar-refractivity contribution in [3.63, 3.8) is 0 Å². The molecule has 2 aromatic carbocycles. The van der Waals surface area contributed by atoms with Crippen LogP contribution in [0.3, 0.4) is 0 Å². The van der Waals surface area contributed by atoms with Crippen molar-refractivity contribution in [3.8, 4) is 5.75 Å². The van der Waals surface area contributed by atoms with Gasteiger partial charge in [-0.2, -0.15) is 0 Å². The van der Waals surface area contributed by atoms with Crippen LogP contribution >= 0.6 is 12.2 Å². The summed E-state index contributed by atoms with van der Waals surface area (Å²) >= 11 is 5.49. The summed E-state index contributed by atoms with van der Waals surface area (Å²) in [5.74, 6) is -0.129. The molecule has 1 aliphatic rings. The second-order valence-electron chi connectivity index (χ2n) is 6.93.